The van der Waals surface area contributed by atoms with Crippen molar-refractivity contribution in [3.63, 3.8) is 0 Å². The number of nitrogens with zero attached hydrogens (tertiary/aromatic N) is 4. The van der Waals surface area contributed by atoms with Crippen LogP contribution in [0.25, 0.3) is 0 Å². The highest BCUT2D eigenvalue weighted by Gasteiger charge is 2.29. The Hall–Kier alpha value is -1.63. The lowest BCUT2D eigenvalue weighted by atomic mass is 9.99. The van der Waals surface area contributed by atoms with E-state index in [1.807, 2.05) is 45.4 Å². The van der Waals surface area contributed by atoms with Gasteiger partial charge >= 0.3 is 0 Å². The Balaban J connectivity index is 1.49. The molecule has 2 saturated heterocycles. The van der Waals surface area contributed by atoms with Gasteiger partial charge in [0.25, 0.3) is 5.91 Å². The number of carbonyl (C=O) groups is 1. The number of piperidine rings is 2. The topological polar surface area (TPSA) is 39.3 Å². The molecule has 0 N–H and O–H groups in total. The second-order valence-corrected chi connectivity index (χ2v) is 9.10. The Labute approximate surface area is 182 Å². The molecule has 0 saturated carbocycles. The Morgan fingerprint density at radius 1 is 1.10 bits per heavy atom. The predicted molar refractivity (Wildman–Crippen MR) is 122 cm³/mol. The number of likely N-dealkylation sites (tertiary alicyclic amines) is 2. The first-order chi connectivity index (χ1) is 14.5. The highest BCUT2D eigenvalue weighted by atomic mass is 16.5. The molecule has 0 radical (unpaired) electrons. The lowest BCUT2D eigenvalue weighted by Gasteiger charge is -2.42. The zero-order chi connectivity index (χ0) is 21.5. The van der Waals surface area contributed by atoms with Gasteiger partial charge in [-0.1, -0.05) is 13.0 Å². The maximum absolute atomic E-state index is 12.7. The molecule has 6 nitrogen and oxygen atoms in total. The molecule has 1 unspecified atom stereocenters. The van der Waals surface area contributed by atoms with Crippen molar-refractivity contribution in [3.8, 4) is 5.75 Å². The van der Waals surface area contributed by atoms with E-state index in [1.165, 1.54) is 25.9 Å². The molecule has 0 aromatic heterocycles. The van der Waals surface area contributed by atoms with Crippen LogP contribution in [-0.4, -0.2) is 105 Å². The van der Waals surface area contributed by atoms with E-state index in [4.69, 9.17) is 4.74 Å². The molecule has 0 aliphatic carbocycles. The lowest BCUT2D eigenvalue weighted by molar-refractivity contribution is 0.0440. The number of benzene rings is 1. The smallest absolute Gasteiger partial charge is 0.253 e. The van der Waals surface area contributed by atoms with Gasteiger partial charge < -0.3 is 19.4 Å². The largest absolute Gasteiger partial charge is 0.490 e. The van der Waals surface area contributed by atoms with E-state index in [0.29, 0.717) is 18.2 Å². The standard InChI is InChI=1S/C24H40N4O2/c1-5-27-13-7-9-21(19-27)28-14-11-22(12-15-28)30-23-10-6-8-20(18-23)24(29)26(4)17-16-25(2)3/h6,8,10,18,21-22H,5,7,9,11-17,19H2,1-4H3. The Morgan fingerprint density at radius 2 is 1.87 bits per heavy atom. The van der Waals surface area contributed by atoms with E-state index in [0.717, 1.165) is 44.8 Å². The molecule has 1 aromatic rings. The molecule has 30 heavy (non-hydrogen) atoms. The van der Waals surface area contributed by atoms with Crippen molar-refractivity contribution < 1.29 is 9.53 Å². The Kier molecular flexibility index (Phi) is 8.54. The van der Waals surface area contributed by atoms with Crippen molar-refractivity contribution in [1.82, 2.24) is 19.6 Å². The normalized spacial score (nSPS) is 21.7. The molecule has 0 bridgehead atoms. The molecule has 2 fully saturated rings. The summed E-state index contributed by atoms with van der Waals surface area (Å²) in [4.78, 5) is 21.8. The van der Waals surface area contributed by atoms with Gasteiger partial charge in [0, 0.05) is 51.4 Å². The van der Waals surface area contributed by atoms with Crippen LogP contribution >= 0.6 is 0 Å². The summed E-state index contributed by atoms with van der Waals surface area (Å²) in [6.45, 7) is 9.69. The molecule has 168 valence electrons. The Morgan fingerprint density at radius 3 is 2.57 bits per heavy atom. The molecular formula is C24H40N4O2. The molecule has 1 atom stereocenters. The number of ether oxygens (including phenoxy) is 1. The van der Waals surface area contributed by atoms with Gasteiger partial charge in [0.1, 0.15) is 11.9 Å². The number of hydrogen-bond acceptors (Lipinski definition) is 5. The zero-order valence-corrected chi connectivity index (χ0v) is 19.3. The van der Waals surface area contributed by atoms with E-state index >= 15 is 0 Å². The van der Waals surface area contributed by atoms with Crippen LogP contribution in [0.1, 0.15) is 43.0 Å². The molecule has 1 aromatic carbocycles. The van der Waals surface area contributed by atoms with Crippen LogP contribution in [0, 0.1) is 0 Å². The second kappa shape index (κ2) is 11.1. The van der Waals surface area contributed by atoms with E-state index in [9.17, 15) is 4.79 Å². The van der Waals surface area contributed by atoms with Crippen molar-refractivity contribution in [2.75, 3.05) is 67.0 Å². The minimum Gasteiger partial charge on any atom is -0.490 e. The summed E-state index contributed by atoms with van der Waals surface area (Å²) in [7, 11) is 5.90. The van der Waals surface area contributed by atoms with E-state index in [-0.39, 0.29) is 12.0 Å². The first-order valence-corrected chi connectivity index (χ1v) is 11.6. The van der Waals surface area contributed by atoms with Gasteiger partial charge in [-0.15, -0.1) is 0 Å². The quantitative estimate of drug-likeness (QED) is 0.652. The third kappa shape index (κ3) is 6.43. The number of amides is 1. The first kappa shape index (κ1) is 23.0. The van der Waals surface area contributed by atoms with Gasteiger partial charge in [-0.2, -0.15) is 0 Å². The summed E-state index contributed by atoms with van der Waals surface area (Å²) in [5.74, 6) is 0.866. The minimum absolute atomic E-state index is 0.0508. The van der Waals surface area contributed by atoms with Gasteiger partial charge in [-0.05, 0) is 71.1 Å². The van der Waals surface area contributed by atoms with Crippen molar-refractivity contribution in [2.24, 2.45) is 0 Å². The summed E-state index contributed by atoms with van der Waals surface area (Å²) in [6.07, 6.45) is 5.00. The van der Waals surface area contributed by atoms with Crippen molar-refractivity contribution in [3.05, 3.63) is 29.8 Å². The predicted octanol–water partition coefficient (Wildman–Crippen LogP) is 2.65. The van der Waals surface area contributed by atoms with Crippen LogP contribution in [0.3, 0.4) is 0 Å². The van der Waals surface area contributed by atoms with Crippen molar-refractivity contribution in [2.45, 2.75) is 44.8 Å². The van der Waals surface area contributed by atoms with Gasteiger partial charge in [-0.25, -0.2) is 0 Å². The fraction of sp³-hybridized carbons (Fsp3) is 0.708. The highest BCUT2D eigenvalue weighted by Crippen LogP contribution is 2.24. The zero-order valence-electron chi connectivity index (χ0n) is 19.3. The molecule has 2 aliphatic rings. The Bertz CT molecular complexity index is 673. The maximum Gasteiger partial charge on any atom is 0.253 e. The average Bonchev–Trinajstić information content (AvgIpc) is 2.77. The van der Waals surface area contributed by atoms with Crippen LogP contribution in [0.4, 0.5) is 0 Å². The maximum atomic E-state index is 12.7. The van der Waals surface area contributed by atoms with Crippen LogP contribution in [0.2, 0.25) is 0 Å². The summed E-state index contributed by atoms with van der Waals surface area (Å²) >= 11 is 0. The monoisotopic (exact) mass is 416 g/mol. The molecule has 6 heteroatoms. The van der Waals surface area contributed by atoms with E-state index < -0.39 is 0 Å². The van der Waals surface area contributed by atoms with Crippen molar-refractivity contribution in [1.29, 1.82) is 0 Å². The lowest BCUT2D eigenvalue weighted by Crippen LogP contribution is -2.51. The van der Waals surface area contributed by atoms with Gasteiger partial charge in [0.15, 0.2) is 0 Å². The van der Waals surface area contributed by atoms with Gasteiger partial charge in [-0.3, -0.25) is 9.69 Å². The van der Waals surface area contributed by atoms with E-state index in [2.05, 4.69) is 21.6 Å². The highest BCUT2D eigenvalue weighted by molar-refractivity contribution is 5.94. The molecular weight excluding hydrogens is 376 g/mol. The van der Waals surface area contributed by atoms with Crippen LogP contribution in [0.15, 0.2) is 24.3 Å². The fourth-order valence-electron chi connectivity index (χ4n) is 4.54. The van der Waals surface area contributed by atoms with Crippen LogP contribution in [0.5, 0.6) is 5.75 Å². The van der Waals surface area contributed by atoms with Crippen molar-refractivity contribution >= 4 is 5.91 Å². The number of likely N-dealkylation sites (N-methyl/N-ethyl adjacent to an activating group) is 3. The SMILES string of the molecule is CCN1CCCC(N2CCC(Oc3cccc(C(=O)N(C)CCN(C)C)c3)CC2)C1. The summed E-state index contributed by atoms with van der Waals surface area (Å²) in [6, 6.07) is 8.40. The summed E-state index contributed by atoms with van der Waals surface area (Å²) < 4.78 is 6.29. The molecule has 1 amide bonds. The third-order valence-corrected chi connectivity index (χ3v) is 6.53. The number of rotatable bonds is 8. The molecule has 2 aliphatic heterocycles. The molecule has 2 heterocycles. The number of carbonyl (C=O) groups excluding carboxylic acids is 1. The molecule has 3 rings (SSSR count). The van der Waals surface area contributed by atoms with Crippen LogP contribution in [-0.2, 0) is 0 Å². The number of hydrogen-bond donors (Lipinski definition) is 0. The first-order valence-electron chi connectivity index (χ1n) is 11.6. The fourth-order valence-corrected chi connectivity index (χ4v) is 4.54. The minimum atomic E-state index is 0.0508. The third-order valence-electron chi connectivity index (χ3n) is 6.53. The molecule has 0 spiro atoms. The van der Waals surface area contributed by atoms with Gasteiger partial charge in [0.2, 0.25) is 0 Å². The van der Waals surface area contributed by atoms with Crippen LogP contribution < -0.4 is 4.74 Å². The average molecular weight is 417 g/mol. The van der Waals surface area contributed by atoms with E-state index in [1.54, 1.807) is 4.90 Å². The second-order valence-electron chi connectivity index (χ2n) is 9.10. The summed E-state index contributed by atoms with van der Waals surface area (Å²) in [5.41, 5.74) is 0.702. The van der Waals surface area contributed by atoms with Gasteiger partial charge in [0.05, 0.1) is 0 Å². The summed E-state index contributed by atoms with van der Waals surface area (Å²) in [5, 5.41) is 0.